The van der Waals surface area contributed by atoms with E-state index in [4.69, 9.17) is 5.73 Å². The van der Waals surface area contributed by atoms with Gasteiger partial charge >= 0.3 is 5.97 Å². The Kier molecular flexibility index (Phi) is 4.80. The number of nitrogens with zero attached hydrogens (tertiary/aromatic N) is 1. The molecule has 1 heterocycles. The number of methoxy groups -OCH3 is 1. The van der Waals surface area contributed by atoms with E-state index in [0.29, 0.717) is 5.56 Å². The highest BCUT2D eigenvalue weighted by molar-refractivity contribution is 9.08. The third-order valence-electron chi connectivity index (χ3n) is 2.14. The van der Waals surface area contributed by atoms with E-state index in [9.17, 15) is 13.6 Å². The first-order valence-electron chi connectivity index (χ1n) is 4.68. The number of alkyl halides is 3. The third kappa shape index (κ3) is 3.36. The van der Waals surface area contributed by atoms with Crippen LogP contribution < -0.4 is 5.73 Å². The number of halogens is 3. The van der Waals surface area contributed by atoms with Gasteiger partial charge in [0.15, 0.2) is 0 Å². The number of rotatable bonds is 4. The van der Waals surface area contributed by atoms with Gasteiger partial charge in [-0.1, -0.05) is 15.9 Å². The number of ether oxygens (including phenoxy) is 1. The van der Waals surface area contributed by atoms with Gasteiger partial charge in [-0.3, -0.25) is 4.79 Å². The fourth-order valence-electron chi connectivity index (χ4n) is 1.41. The summed E-state index contributed by atoms with van der Waals surface area (Å²) in [6.07, 6.45) is -3.03. The van der Waals surface area contributed by atoms with Gasteiger partial charge in [0.2, 0.25) is 0 Å². The zero-order valence-corrected chi connectivity index (χ0v) is 10.6. The summed E-state index contributed by atoms with van der Waals surface area (Å²) in [5.41, 5.74) is 5.51. The molecule has 1 aromatic heterocycles. The summed E-state index contributed by atoms with van der Waals surface area (Å²) in [6, 6.07) is 1.36. The minimum Gasteiger partial charge on any atom is -0.469 e. The second kappa shape index (κ2) is 5.90. The van der Waals surface area contributed by atoms with Gasteiger partial charge in [0, 0.05) is 10.9 Å². The maximum absolute atomic E-state index is 12.9. The first kappa shape index (κ1) is 13.8. The van der Waals surface area contributed by atoms with Crippen LogP contribution >= 0.6 is 15.9 Å². The summed E-state index contributed by atoms with van der Waals surface area (Å²) >= 11 is 3.10. The quantitative estimate of drug-likeness (QED) is 0.684. The molecule has 2 N–H and O–H groups in total. The fourth-order valence-corrected chi connectivity index (χ4v) is 1.87. The predicted octanol–water partition coefficient (Wildman–Crippen LogP) is 2.21. The van der Waals surface area contributed by atoms with Crippen molar-refractivity contribution < 1.29 is 18.3 Å². The number of nitrogens with two attached hydrogens (primary N) is 1. The highest BCUT2D eigenvalue weighted by Crippen LogP contribution is 2.29. The maximum atomic E-state index is 12.9. The second-order valence-electron chi connectivity index (χ2n) is 3.25. The zero-order valence-electron chi connectivity index (χ0n) is 9.04. The van der Waals surface area contributed by atoms with Crippen LogP contribution in [0.3, 0.4) is 0 Å². The highest BCUT2D eigenvalue weighted by atomic mass is 79.9. The monoisotopic (exact) mass is 308 g/mol. The van der Waals surface area contributed by atoms with Crippen LogP contribution in [0.1, 0.15) is 23.2 Å². The summed E-state index contributed by atoms with van der Waals surface area (Å²) in [7, 11) is 1.18. The molecule has 17 heavy (non-hydrogen) atoms. The van der Waals surface area contributed by atoms with Crippen molar-refractivity contribution in [2.24, 2.45) is 0 Å². The molecule has 0 aliphatic carbocycles. The number of nitrogen functional groups attached to an aromatic ring is 1. The molecule has 0 amide bonds. The standard InChI is InChI=1S/C10H11BrF2N2O2/c1-17-8(16)3-6-9(10(12)13)5(4-11)2-7(14)15-6/h2,10H,3-4H2,1H3,(H2,14,15). The largest absolute Gasteiger partial charge is 0.469 e. The van der Waals surface area contributed by atoms with E-state index < -0.39 is 12.4 Å². The lowest BCUT2D eigenvalue weighted by atomic mass is 10.1. The lowest BCUT2D eigenvalue weighted by molar-refractivity contribution is -0.139. The predicted molar refractivity (Wildman–Crippen MR) is 62.0 cm³/mol. The Hall–Kier alpha value is -1.24. The summed E-state index contributed by atoms with van der Waals surface area (Å²) in [5.74, 6) is -0.534. The number of carbonyl (C=O) groups is 1. The summed E-state index contributed by atoms with van der Waals surface area (Å²) in [6.45, 7) is 0. The lowest BCUT2D eigenvalue weighted by Crippen LogP contribution is -2.12. The van der Waals surface area contributed by atoms with Gasteiger partial charge in [0.25, 0.3) is 6.43 Å². The molecule has 0 saturated heterocycles. The Morgan fingerprint density at radius 2 is 2.29 bits per heavy atom. The lowest BCUT2D eigenvalue weighted by Gasteiger charge is -2.12. The maximum Gasteiger partial charge on any atom is 0.311 e. The topological polar surface area (TPSA) is 65.2 Å². The average molecular weight is 309 g/mol. The van der Waals surface area contributed by atoms with Gasteiger partial charge in [-0.05, 0) is 11.6 Å². The first-order valence-corrected chi connectivity index (χ1v) is 5.80. The Labute approximate surface area is 105 Å². The van der Waals surface area contributed by atoms with Crippen molar-refractivity contribution in [3.05, 3.63) is 22.9 Å². The molecule has 0 spiro atoms. The molecule has 0 aliphatic rings. The van der Waals surface area contributed by atoms with Crippen LogP contribution in [0.25, 0.3) is 0 Å². The fraction of sp³-hybridized carbons (Fsp3) is 0.400. The van der Waals surface area contributed by atoms with Crippen LogP contribution in [0.2, 0.25) is 0 Å². The molecule has 0 bridgehead atoms. The third-order valence-corrected chi connectivity index (χ3v) is 2.75. The van der Waals surface area contributed by atoms with Gasteiger partial charge < -0.3 is 10.5 Å². The van der Waals surface area contributed by atoms with Crippen molar-refractivity contribution in [3.63, 3.8) is 0 Å². The number of esters is 1. The molecule has 0 saturated carbocycles. The van der Waals surface area contributed by atoms with Crippen LogP contribution in [0, 0.1) is 0 Å². The van der Waals surface area contributed by atoms with Crippen LogP contribution in [-0.2, 0) is 21.3 Å². The molecule has 1 aromatic rings. The number of carbonyl (C=O) groups excluding carboxylic acids is 1. The van der Waals surface area contributed by atoms with E-state index in [-0.39, 0.29) is 28.8 Å². The van der Waals surface area contributed by atoms with Crippen LogP contribution in [0.5, 0.6) is 0 Å². The van der Waals surface area contributed by atoms with Gasteiger partial charge in [0.1, 0.15) is 5.82 Å². The molecule has 1 rings (SSSR count). The number of hydrogen-bond acceptors (Lipinski definition) is 4. The van der Waals surface area contributed by atoms with E-state index in [2.05, 4.69) is 25.7 Å². The van der Waals surface area contributed by atoms with E-state index >= 15 is 0 Å². The molecule has 0 atom stereocenters. The van der Waals surface area contributed by atoms with E-state index in [1.54, 1.807) is 0 Å². The van der Waals surface area contributed by atoms with Crippen molar-refractivity contribution in [2.45, 2.75) is 18.2 Å². The molecule has 0 radical (unpaired) electrons. The first-order chi connectivity index (χ1) is 7.99. The molecule has 0 aromatic carbocycles. The van der Waals surface area contributed by atoms with Gasteiger partial charge in [-0.15, -0.1) is 0 Å². The average Bonchev–Trinajstić information content (AvgIpc) is 2.27. The van der Waals surface area contributed by atoms with E-state index in [1.807, 2.05) is 0 Å². The molecule has 94 valence electrons. The Bertz CT molecular complexity index is 427. The van der Waals surface area contributed by atoms with E-state index in [1.165, 1.54) is 13.2 Å². The molecule has 0 unspecified atom stereocenters. The Morgan fingerprint density at radius 1 is 1.65 bits per heavy atom. The Morgan fingerprint density at radius 3 is 2.76 bits per heavy atom. The smallest absolute Gasteiger partial charge is 0.311 e. The normalized spacial score (nSPS) is 10.6. The minimum atomic E-state index is -2.71. The minimum absolute atomic E-state index is 0.0405. The summed E-state index contributed by atoms with van der Waals surface area (Å²) < 4.78 is 30.2. The van der Waals surface area contributed by atoms with Crippen molar-refractivity contribution in [2.75, 3.05) is 12.8 Å². The van der Waals surface area contributed by atoms with Crippen molar-refractivity contribution in [1.82, 2.24) is 4.98 Å². The number of anilines is 1. The zero-order chi connectivity index (χ0) is 13.0. The van der Waals surface area contributed by atoms with Crippen LogP contribution in [-0.4, -0.2) is 18.1 Å². The van der Waals surface area contributed by atoms with Gasteiger partial charge in [0.05, 0.1) is 19.2 Å². The SMILES string of the molecule is COC(=O)Cc1nc(N)cc(CBr)c1C(F)F. The molecule has 7 heteroatoms. The summed E-state index contributed by atoms with van der Waals surface area (Å²) in [4.78, 5) is 14.9. The molecular weight excluding hydrogens is 298 g/mol. The Balaban J connectivity index is 3.25. The molecule has 4 nitrogen and oxygen atoms in total. The van der Waals surface area contributed by atoms with Crippen LogP contribution in [0.4, 0.5) is 14.6 Å². The highest BCUT2D eigenvalue weighted by Gasteiger charge is 2.21. The number of hydrogen-bond donors (Lipinski definition) is 1. The molecular formula is C10H11BrF2N2O2. The number of pyridine rings is 1. The second-order valence-corrected chi connectivity index (χ2v) is 3.81. The molecule has 0 aliphatic heterocycles. The van der Waals surface area contributed by atoms with Crippen molar-refractivity contribution in [1.29, 1.82) is 0 Å². The molecule has 0 fully saturated rings. The summed E-state index contributed by atoms with van der Waals surface area (Å²) in [5, 5.41) is 0.216. The van der Waals surface area contributed by atoms with Gasteiger partial charge in [-0.25, -0.2) is 13.8 Å². The van der Waals surface area contributed by atoms with Crippen LogP contribution in [0.15, 0.2) is 6.07 Å². The van der Waals surface area contributed by atoms with E-state index in [0.717, 1.165) is 0 Å². The van der Waals surface area contributed by atoms with Gasteiger partial charge in [-0.2, -0.15) is 0 Å². The van der Waals surface area contributed by atoms with Crippen molar-refractivity contribution >= 4 is 27.7 Å². The number of aromatic nitrogens is 1. The van der Waals surface area contributed by atoms with Crippen molar-refractivity contribution in [3.8, 4) is 0 Å².